The molecular weight excluding hydrogens is 302 g/mol. The molecule has 1 unspecified atom stereocenters. The number of hydrogen-bond donors (Lipinski definition) is 1. The quantitative estimate of drug-likeness (QED) is 0.816. The summed E-state index contributed by atoms with van der Waals surface area (Å²) in [4.78, 5) is 12.2. The van der Waals surface area contributed by atoms with Gasteiger partial charge < -0.3 is 4.74 Å². The number of carbonyl (C=O) groups is 1. The van der Waals surface area contributed by atoms with E-state index in [0.29, 0.717) is 24.9 Å². The Kier molecular flexibility index (Phi) is 6.07. The largest absolute Gasteiger partial charge is 0.468 e. The van der Waals surface area contributed by atoms with Crippen molar-refractivity contribution in [2.24, 2.45) is 0 Å². The second-order valence-corrected chi connectivity index (χ2v) is 5.86. The summed E-state index contributed by atoms with van der Waals surface area (Å²) in [5.74, 6) is -1.88. The maximum atomic E-state index is 13.7. The Morgan fingerprint density at radius 2 is 2.17 bits per heavy atom. The minimum absolute atomic E-state index is 0.246. The summed E-state index contributed by atoms with van der Waals surface area (Å²) < 4.78 is 31.9. The number of nitrogens with zero attached hydrogens (tertiary/aromatic N) is 1. The second-order valence-electron chi connectivity index (χ2n) is 5.86. The summed E-state index contributed by atoms with van der Waals surface area (Å²) in [6.07, 6.45) is 3.68. The fourth-order valence-electron chi connectivity index (χ4n) is 3.25. The van der Waals surface area contributed by atoms with Crippen LogP contribution in [0.25, 0.3) is 0 Å². The first-order valence-electron chi connectivity index (χ1n) is 8.07. The van der Waals surface area contributed by atoms with Gasteiger partial charge in [0.25, 0.3) is 0 Å². The van der Waals surface area contributed by atoms with E-state index in [2.05, 4.69) is 5.43 Å². The standard InChI is InChI=1S/C17H24F2N2O2/c1-3-17(16(22)23-2)10-4-5-12-21(17)20-11-9-13-7-6-8-14(18)15(13)19/h6-8,20H,3-5,9-12H2,1-2H3. The van der Waals surface area contributed by atoms with E-state index >= 15 is 0 Å². The van der Waals surface area contributed by atoms with E-state index in [-0.39, 0.29) is 5.97 Å². The van der Waals surface area contributed by atoms with Crippen molar-refractivity contribution < 1.29 is 18.3 Å². The van der Waals surface area contributed by atoms with Crippen molar-refractivity contribution in [2.75, 3.05) is 20.2 Å². The van der Waals surface area contributed by atoms with Gasteiger partial charge in [0.05, 0.1) is 7.11 Å². The monoisotopic (exact) mass is 326 g/mol. The lowest BCUT2D eigenvalue weighted by atomic mass is 9.85. The Balaban J connectivity index is 2.02. The summed E-state index contributed by atoms with van der Waals surface area (Å²) in [5.41, 5.74) is 2.87. The molecule has 1 aliphatic heterocycles. The summed E-state index contributed by atoms with van der Waals surface area (Å²) in [7, 11) is 1.40. The van der Waals surface area contributed by atoms with Gasteiger partial charge in [0.1, 0.15) is 5.54 Å². The summed E-state index contributed by atoms with van der Waals surface area (Å²) >= 11 is 0. The Labute approximate surface area is 135 Å². The zero-order chi connectivity index (χ0) is 16.9. The number of esters is 1. The Hall–Kier alpha value is -1.53. The van der Waals surface area contributed by atoms with E-state index in [9.17, 15) is 13.6 Å². The van der Waals surface area contributed by atoms with Gasteiger partial charge in [0, 0.05) is 13.1 Å². The number of ether oxygens (including phenoxy) is 1. The molecule has 1 aliphatic rings. The van der Waals surface area contributed by atoms with Gasteiger partial charge in [0.2, 0.25) is 0 Å². The van der Waals surface area contributed by atoms with Gasteiger partial charge in [-0.15, -0.1) is 0 Å². The van der Waals surface area contributed by atoms with Crippen molar-refractivity contribution >= 4 is 5.97 Å². The minimum atomic E-state index is -0.835. The van der Waals surface area contributed by atoms with Crippen LogP contribution in [0.4, 0.5) is 8.78 Å². The maximum Gasteiger partial charge on any atom is 0.327 e. The van der Waals surface area contributed by atoms with Gasteiger partial charge >= 0.3 is 5.97 Å². The molecule has 1 aromatic rings. The molecule has 2 rings (SSSR count). The SMILES string of the molecule is CCC1(C(=O)OC)CCCCN1NCCc1cccc(F)c1F. The van der Waals surface area contributed by atoms with Gasteiger partial charge in [-0.2, -0.15) is 0 Å². The van der Waals surface area contributed by atoms with E-state index in [1.807, 2.05) is 11.9 Å². The average Bonchev–Trinajstić information content (AvgIpc) is 2.58. The molecule has 4 nitrogen and oxygen atoms in total. The van der Waals surface area contributed by atoms with Crippen LogP contribution in [0, 0.1) is 11.6 Å². The number of carbonyl (C=O) groups excluding carboxylic acids is 1. The van der Waals surface area contributed by atoms with Crippen LogP contribution in [0.1, 0.15) is 38.2 Å². The highest BCUT2D eigenvalue weighted by atomic mass is 19.2. The molecule has 1 saturated heterocycles. The smallest absolute Gasteiger partial charge is 0.327 e. The highest BCUT2D eigenvalue weighted by Gasteiger charge is 2.45. The molecule has 128 valence electrons. The van der Waals surface area contributed by atoms with Crippen LogP contribution in [-0.4, -0.2) is 36.7 Å². The molecule has 1 heterocycles. The Bertz CT molecular complexity index is 553. The zero-order valence-corrected chi connectivity index (χ0v) is 13.7. The summed E-state index contributed by atoms with van der Waals surface area (Å²) in [6, 6.07) is 4.18. The first-order chi connectivity index (χ1) is 11.0. The highest BCUT2D eigenvalue weighted by Crippen LogP contribution is 2.31. The van der Waals surface area contributed by atoms with Crippen LogP contribution >= 0.6 is 0 Å². The molecular formula is C17H24F2N2O2. The molecule has 0 saturated carbocycles. The van der Waals surface area contributed by atoms with Crippen molar-refractivity contribution in [1.29, 1.82) is 0 Å². The van der Waals surface area contributed by atoms with E-state index < -0.39 is 17.2 Å². The van der Waals surface area contributed by atoms with E-state index in [1.54, 1.807) is 6.07 Å². The van der Waals surface area contributed by atoms with E-state index in [4.69, 9.17) is 4.74 Å². The molecule has 0 aliphatic carbocycles. The first kappa shape index (κ1) is 17.8. The number of nitrogens with one attached hydrogen (secondary N) is 1. The van der Waals surface area contributed by atoms with Crippen molar-refractivity contribution in [3.05, 3.63) is 35.4 Å². The van der Waals surface area contributed by atoms with Crippen molar-refractivity contribution in [3.63, 3.8) is 0 Å². The van der Waals surface area contributed by atoms with E-state index in [1.165, 1.54) is 13.2 Å². The van der Waals surface area contributed by atoms with Gasteiger partial charge in [0.15, 0.2) is 11.6 Å². The van der Waals surface area contributed by atoms with Gasteiger partial charge in [-0.3, -0.25) is 5.43 Å². The third-order valence-electron chi connectivity index (χ3n) is 4.62. The number of hydrogen-bond acceptors (Lipinski definition) is 4. The predicted molar refractivity (Wildman–Crippen MR) is 83.7 cm³/mol. The summed E-state index contributed by atoms with van der Waals surface area (Å²) in [5, 5.41) is 1.92. The lowest BCUT2D eigenvalue weighted by Crippen LogP contribution is -2.62. The minimum Gasteiger partial charge on any atom is -0.468 e. The van der Waals surface area contributed by atoms with Crippen LogP contribution in [0.15, 0.2) is 18.2 Å². The Morgan fingerprint density at radius 3 is 2.87 bits per heavy atom. The van der Waals surface area contributed by atoms with Crippen molar-refractivity contribution in [3.8, 4) is 0 Å². The lowest BCUT2D eigenvalue weighted by molar-refractivity contribution is -0.162. The molecule has 1 aromatic carbocycles. The predicted octanol–water partition coefficient (Wildman–Crippen LogP) is 2.82. The number of halogens is 2. The molecule has 6 heteroatoms. The van der Waals surface area contributed by atoms with Crippen LogP contribution in [0.2, 0.25) is 0 Å². The third-order valence-corrected chi connectivity index (χ3v) is 4.62. The molecule has 1 N–H and O–H groups in total. The van der Waals surface area contributed by atoms with Crippen molar-refractivity contribution in [2.45, 2.75) is 44.6 Å². The van der Waals surface area contributed by atoms with Crippen LogP contribution < -0.4 is 5.43 Å². The molecule has 0 aromatic heterocycles. The van der Waals surface area contributed by atoms with E-state index in [0.717, 1.165) is 31.9 Å². The Morgan fingerprint density at radius 1 is 1.39 bits per heavy atom. The van der Waals surface area contributed by atoms with Gasteiger partial charge in [-0.1, -0.05) is 19.1 Å². The van der Waals surface area contributed by atoms with Crippen LogP contribution in [0.3, 0.4) is 0 Å². The number of piperidine rings is 1. The maximum absolute atomic E-state index is 13.7. The molecule has 0 radical (unpaired) electrons. The molecule has 1 fully saturated rings. The first-order valence-corrected chi connectivity index (χ1v) is 8.07. The topological polar surface area (TPSA) is 41.6 Å². The van der Waals surface area contributed by atoms with Crippen LogP contribution in [0.5, 0.6) is 0 Å². The van der Waals surface area contributed by atoms with Gasteiger partial charge in [-0.25, -0.2) is 18.6 Å². The van der Waals surface area contributed by atoms with Gasteiger partial charge in [-0.05, 0) is 43.7 Å². The number of benzene rings is 1. The average molecular weight is 326 g/mol. The third kappa shape index (κ3) is 3.70. The van der Waals surface area contributed by atoms with Crippen molar-refractivity contribution in [1.82, 2.24) is 10.4 Å². The number of methoxy groups -OCH3 is 1. The second kappa shape index (κ2) is 7.84. The fraction of sp³-hybridized carbons (Fsp3) is 0.588. The molecule has 23 heavy (non-hydrogen) atoms. The number of hydrazine groups is 1. The fourth-order valence-corrected chi connectivity index (χ4v) is 3.25. The molecule has 0 amide bonds. The lowest BCUT2D eigenvalue weighted by Gasteiger charge is -2.44. The molecule has 0 spiro atoms. The normalized spacial score (nSPS) is 22.1. The molecule has 1 atom stereocenters. The summed E-state index contributed by atoms with van der Waals surface area (Å²) in [6.45, 7) is 3.12. The van der Waals surface area contributed by atoms with Crippen LogP contribution in [-0.2, 0) is 16.0 Å². The molecule has 0 bridgehead atoms. The zero-order valence-electron chi connectivity index (χ0n) is 13.7. The number of rotatable bonds is 6. The highest BCUT2D eigenvalue weighted by molar-refractivity contribution is 5.80.